The van der Waals surface area contributed by atoms with Gasteiger partial charge in [0.25, 0.3) is 0 Å². The van der Waals surface area contributed by atoms with Crippen molar-refractivity contribution in [1.82, 2.24) is 0 Å². The highest BCUT2D eigenvalue weighted by atomic mass is 16.5. The van der Waals surface area contributed by atoms with Gasteiger partial charge in [-0.2, -0.15) is 0 Å². The van der Waals surface area contributed by atoms with E-state index in [1.165, 1.54) is 7.11 Å². The fourth-order valence-corrected chi connectivity index (χ4v) is 1.99. The van der Waals surface area contributed by atoms with Crippen LogP contribution < -0.4 is 0 Å². The summed E-state index contributed by atoms with van der Waals surface area (Å²) in [5, 5.41) is 9.77. The van der Waals surface area contributed by atoms with E-state index in [1.807, 2.05) is 19.1 Å². The number of aryl methyl sites for hydroxylation is 2. The van der Waals surface area contributed by atoms with Crippen molar-refractivity contribution in [2.75, 3.05) is 7.11 Å². The molecule has 0 aromatic heterocycles. The van der Waals surface area contributed by atoms with Gasteiger partial charge in [-0.05, 0) is 49.8 Å². The molecule has 3 heteroatoms. The lowest BCUT2D eigenvalue weighted by Gasteiger charge is -2.09. The first-order valence-electron chi connectivity index (χ1n) is 5.94. The van der Waals surface area contributed by atoms with Gasteiger partial charge in [-0.1, -0.05) is 12.1 Å². The summed E-state index contributed by atoms with van der Waals surface area (Å²) in [6, 6.07) is 5.73. The molecule has 0 atom stereocenters. The second kappa shape index (κ2) is 4.49. The second-order valence-electron chi connectivity index (χ2n) is 4.87. The van der Waals surface area contributed by atoms with Crippen LogP contribution in [0.5, 0.6) is 0 Å². The summed E-state index contributed by atoms with van der Waals surface area (Å²) in [5.74, 6) is -0.296. The van der Waals surface area contributed by atoms with Crippen LogP contribution in [0, 0.1) is 6.92 Å². The van der Waals surface area contributed by atoms with Gasteiger partial charge >= 0.3 is 5.97 Å². The van der Waals surface area contributed by atoms with Crippen LogP contribution in [0.2, 0.25) is 0 Å². The van der Waals surface area contributed by atoms with E-state index in [0.717, 1.165) is 36.8 Å². The predicted molar refractivity (Wildman–Crippen MR) is 65.0 cm³/mol. The first-order chi connectivity index (χ1) is 8.04. The third-order valence-corrected chi connectivity index (χ3v) is 3.40. The maximum Gasteiger partial charge on any atom is 0.338 e. The third-order valence-electron chi connectivity index (χ3n) is 3.40. The number of rotatable bonds is 4. The van der Waals surface area contributed by atoms with Crippen LogP contribution in [0.15, 0.2) is 18.2 Å². The highest BCUT2D eigenvalue weighted by Gasteiger charge is 2.39. The lowest BCUT2D eigenvalue weighted by atomic mass is 10.0. The summed E-state index contributed by atoms with van der Waals surface area (Å²) in [4.78, 5) is 11.4. The van der Waals surface area contributed by atoms with Crippen LogP contribution in [0.4, 0.5) is 0 Å². The zero-order valence-electron chi connectivity index (χ0n) is 10.3. The zero-order valence-corrected chi connectivity index (χ0v) is 10.3. The summed E-state index contributed by atoms with van der Waals surface area (Å²) in [7, 11) is 1.39. The standard InChI is InChI=1S/C14H18O3/c1-10-9-11(5-6-14(16)7-8-14)3-4-12(10)13(15)17-2/h3-4,9,16H,5-8H2,1-2H3. The molecule has 1 N–H and O–H groups in total. The van der Waals surface area contributed by atoms with Crippen molar-refractivity contribution in [3.63, 3.8) is 0 Å². The quantitative estimate of drug-likeness (QED) is 0.813. The molecule has 1 fully saturated rings. The molecule has 0 spiro atoms. The summed E-state index contributed by atoms with van der Waals surface area (Å²) >= 11 is 0. The Hall–Kier alpha value is -1.35. The van der Waals surface area contributed by atoms with E-state index in [9.17, 15) is 9.90 Å². The van der Waals surface area contributed by atoms with Crippen LogP contribution >= 0.6 is 0 Å². The van der Waals surface area contributed by atoms with E-state index < -0.39 is 5.60 Å². The topological polar surface area (TPSA) is 46.5 Å². The number of carbonyl (C=O) groups is 1. The van der Waals surface area contributed by atoms with Gasteiger partial charge in [0.2, 0.25) is 0 Å². The van der Waals surface area contributed by atoms with Crippen LogP contribution in [0.3, 0.4) is 0 Å². The first kappa shape index (κ1) is 12.1. The number of methoxy groups -OCH3 is 1. The number of carbonyl (C=O) groups excluding carboxylic acids is 1. The smallest absolute Gasteiger partial charge is 0.338 e. The van der Waals surface area contributed by atoms with Gasteiger partial charge in [0, 0.05) is 0 Å². The molecule has 92 valence electrons. The lowest BCUT2D eigenvalue weighted by Crippen LogP contribution is -2.08. The van der Waals surface area contributed by atoms with Crippen molar-refractivity contribution in [3.8, 4) is 0 Å². The third kappa shape index (κ3) is 2.86. The molecule has 0 amide bonds. The fraction of sp³-hybridized carbons (Fsp3) is 0.500. The Morgan fingerprint density at radius 3 is 2.71 bits per heavy atom. The Bertz CT molecular complexity index is 433. The minimum atomic E-state index is -0.408. The molecule has 1 aromatic carbocycles. The van der Waals surface area contributed by atoms with E-state index in [0.29, 0.717) is 5.56 Å². The molecule has 3 nitrogen and oxygen atoms in total. The monoisotopic (exact) mass is 234 g/mol. The molecule has 0 aliphatic heterocycles. The van der Waals surface area contributed by atoms with Gasteiger partial charge in [0.15, 0.2) is 0 Å². The van der Waals surface area contributed by atoms with Crippen molar-refractivity contribution < 1.29 is 14.6 Å². The summed E-state index contributed by atoms with van der Waals surface area (Å²) in [6.07, 6.45) is 3.52. The van der Waals surface area contributed by atoms with E-state index in [1.54, 1.807) is 6.07 Å². The van der Waals surface area contributed by atoms with Crippen molar-refractivity contribution in [1.29, 1.82) is 0 Å². The average Bonchev–Trinajstić information content (AvgIpc) is 3.05. The van der Waals surface area contributed by atoms with Gasteiger partial charge < -0.3 is 9.84 Å². The molecule has 0 bridgehead atoms. The van der Waals surface area contributed by atoms with E-state index in [-0.39, 0.29) is 5.97 Å². The van der Waals surface area contributed by atoms with Gasteiger partial charge in [0.05, 0.1) is 18.3 Å². The van der Waals surface area contributed by atoms with Crippen LogP contribution in [-0.2, 0) is 11.2 Å². The number of hydrogen-bond acceptors (Lipinski definition) is 3. The molecular weight excluding hydrogens is 216 g/mol. The molecule has 1 aliphatic rings. The first-order valence-corrected chi connectivity index (χ1v) is 5.94. The average molecular weight is 234 g/mol. The number of ether oxygens (including phenoxy) is 1. The van der Waals surface area contributed by atoms with Crippen molar-refractivity contribution in [2.24, 2.45) is 0 Å². The molecule has 0 heterocycles. The van der Waals surface area contributed by atoms with Crippen molar-refractivity contribution in [3.05, 3.63) is 34.9 Å². The highest BCUT2D eigenvalue weighted by Crippen LogP contribution is 2.39. The minimum absolute atomic E-state index is 0.296. The predicted octanol–water partition coefficient (Wildman–Crippen LogP) is 2.24. The molecule has 1 aliphatic carbocycles. The van der Waals surface area contributed by atoms with E-state index in [4.69, 9.17) is 4.74 Å². The second-order valence-corrected chi connectivity index (χ2v) is 4.87. The Morgan fingerprint density at radius 1 is 1.47 bits per heavy atom. The number of benzene rings is 1. The highest BCUT2D eigenvalue weighted by molar-refractivity contribution is 5.90. The normalized spacial score (nSPS) is 16.6. The molecule has 1 saturated carbocycles. The largest absolute Gasteiger partial charge is 0.465 e. The van der Waals surface area contributed by atoms with Crippen molar-refractivity contribution in [2.45, 2.75) is 38.2 Å². The molecule has 17 heavy (non-hydrogen) atoms. The van der Waals surface area contributed by atoms with Crippen molar-refractivity contribution >= 4 is 5.97 Å². The number of esters is 1. The number of hydrogen-bond donors (Lipinski definition) is 1. The Balaban J connectivity index is 2.05. The lowest BCUT2D eigenvalue weighted by molar-refractivity contribution is 0.0600. The van der Waals surface area contributed by atoms with Gasteiger partial charge in [-0.25, -0.2) is 4.79 Å². The maximum atomic E-state index is 11.4. The van der Waals surface area contributed by atoms with E-state index in [2.05, 4.69) is 0 Å². The molecule has 0 saturated heterocycles. The summed E-state index contributed by atoms with van der Waals surface area (Å²) < 4.78 is 4.70. The van der Waals surface area contributed by atoms with Crippen LogP contribution in [0.1, 0.15) is 40.7 Å². The van der Waals surface area contributed by atoms with Gasteiger partial charge in [-0.3, -0.25) is 0 Å². The van der Waals surface area contributed by atoms with Gasteiger partial charge in [0.1, 0.15) is 0 Å². The maximum absolute atomic E-state index is 11.4. The molecular formula is C14H18O3. The molecule has 2 rings (SSSR count). The van der Waals surface area contributed by atoms with Crippen LogP contribution in [-0.4, -0.2) is 23.8 Å². The number of aliphatic hydroxyl groups is 1. The SMILES string of the molecule is COC(=O)c1ccc(CCC2(O)CC2)cc1C. The Labute approximate surface area is 101 Å². The fourth-order valence-electron chi connectivity index (χ4n) is 1.99. The zero-order chi connectivity index (χ0) is 12.5. The molecule has 1 aromatic rings. The summed E-state index contributed by atoms with van der Waals surface area (Å²) in [5.41, 5.74) is 2.29. The Kier molecular flexibility index (Phi) is 3.20. The molecule has 0 radical (unpaired) electrons. The minimum Gasteiger partial charge on any atom is -0.465 e. The van der Waals surface area contributed by atoms with E-state index >= 15 is 0 Å². The Morgan fingerprint density at radius 2 is 2.18 bits per heavy atom. The summed E-state index contributed by atoms with van der Waals surface area (Å²) in [6.45, 7) is 1.90. The molecule has 0 unspecified atom stereocenters. The van der Waals surface area contributed by atoms with Gasteiger partial charge in [-0.15, -0.1) is 0 Å². The van der Waals surface area contributed by atoms with Crippen LogP contribution in [0.25, 0.3) is 0 Å².